The zero-order valence-corrected chi connectivity index (χ0v) is 41.9. The highest BCUT2D eigenvalue weighted by Gasteiger charge is 2.65. The van der Waals surface area contributed by atoms with E-state index < -0.39 is 30.1 Å². The van der Waals surface area contributed by atoms with E-state index >= 15 is 0 Å². The maximum absolute atomic E-state index is 14.7. The number of benzene rings is 2. The van der Waals surface area contributed by atoms with Crippen LogP contribution in [0.25, 0.3) is 0 Å². The lowest BCUT2D eigenvalue weighted by Crippen LogP contribution is -2.70. The fraction of sp³-hybridized carbons (Fsp3) is 0.661. The molecule has 382 valence electrons. The number of aliphatic hydroxyl groups is 2. The van der Waals surface area contributed by atoms with Gasteiger partial charge >= 0.3 is 6.09 Å². The Morgan fingerprint density at radius 3 is 2.30 bits per heavy atom. The van der Waals surface area contributed by atoms with Crippen LogP contribution in [0, 0.1) is 17.8 Å². The summed E-state index contributed by atoms with van der Waals surface area (Å²) < 4.78 is 38.7. The summed E-state index contributed by atoms with van der Waals surface area (Å²) in [6.45, 7) is 10.0. The SMILES string of the molecule is C=CCO[C@@]12Oc3ccc(Oc4ccc(OC)c(C=O)c4)cc3[C@H]3[C@H](CCCCO)[C@@H](CCCCO)C=C(C(=NOC4CCCCO4)C[C@@H]1N(CCC)C(=O)OCCCCCCCCCCCC)[C@H]32. The molecule has 0 bridgehead atoms. The molecular weight excluding hydrogens is 877 g/mol. The first-order chi connectivity index (χ1) is 33.9. The highest BCUT2D eigenvalue weighted by atomic mass is 16.8. The number of nitrogens with zero attached hydrogens (tertiary/aromatic N) is 2. The second-order valence-corrected chi connectivity index (χ2v) is 19.3. The van der Waals surface area contributed by atoms with Crippen LogP contribution in [0.3, 0.4) is 0 Å². The number of unbranched alkanes of at least 4 members (excludes halogenated alkanes) is 11. The molecule has 0 radical (unpaired) electrons. The van der Waals surface area contributed by atoms with Crippen LogP contribution in [0.4, 0.5) is 4.79 Å². The Hall–Kier alpha value is -4.43. The summed E-state index contributed by atoms with van der Waals surface area (Å²) >= 11 is 0. The van der Waals surface area contributed by atoms with Crippen LogP contribution in [0.5, 0.6) is 23.0 Å². The van der Waals surface area contributed by atoms with E-state index in [9.17, 15) is 19.8 Å². The van der Waals surface area contributed by atoms with E-state index in [0.717, 1.165) is 81.6 Å². The van der Waals surface area contributed by atoms with Gasteiger partial charge in [-0.1, -0.05) is 102 Å². The number of methoxy groups -OCH3 is 1. The molecule has 1 unspecified atom stereocenters. The van der Waals surface area contributed by atoms with Gasteiger partial charge in [-0.05, 0) is 105 Å². The summed E-state index contributed by atoms with van der Waals surface area (Å²) in [5.74, 6) is 0.0488. The number of ether oxygens (including phenoxy) is 6. The van der Waals surface area contributed by atoms with Gasteiger partial charge in [0.25, 0.3) is 0 Å². The minimum absolute atomic E-state index is 0.0294. The molecule has 7 atom stereocenters. The van der Waals surface area contributed by atoms with Crippen molar-refractivity contribution in [1.82, 2.24) is 4.90 Å². The van der Waals surface area contributed by atoms with Gasteiger partial charge in [-0.2, -0.15) is 0 Å². The maximum Gasteiger partial charge on any atom is 0.410 e. The van der Waals surface area contributed by atoms with Crippen LogP contribution < -0.4 is 14.2 Å². The Morgan fingerprint density at radius 1 is 0.899 bits per heavy atom. The molecule has 4 aliphatic rings. The largest absolute Gasteiger partial charge is 0.496 e. The average Bonchev–Trinajstić information content (AvgIpc) is 3.37. The first kappa shape index (κ1) is 53.9. The van der Waals surface area contributed by atoms with E-state index in [0.29, 0.717) is 73.3 Å². The molecular formula is C56H82N2O11. The monoisotopic (exact) mass is 959 g/mol. The lowest BCUT2D eigenvalue weighted by atomic mass is 9.55. The van der Waals surface area contributed by atoms with E-state index in [4.69, 9.17) is 38.4 Å². The van der Waals surface area contributed by atoms with Crippen LogP contribution in [-0.2, 0) is 19.0 Å². The number of aldehydes is 1. The van der Waals surface area contributed by atoms with Crippen molar-refractivity contribution in [3.63, 3.8) is 0 Å². The molecule has 1 saturated carbocycles. The van der Waals surface area contributed by atoms with Crippen molar-refractivity contribution in [2.45, 2.75) is 173 Å². The van der Waals surface area contributed by atoms with Crippen LogP contribution in [-0.4, -0.2) is 98.0 Å². The molecule has 2 fully saturated rings. The molecule has 1 amide bonds. The topological polar surface area (TPSA) is 155 Å². The predicted molar refractivity (Wildman–Crippen MR) is 268 cm³/mol. The van der Waals surface area contributed by atoms with Crippen molar-refractivity contribution in [2.75, 3.05) is 46.7 Å². The minimum atomic E-state index is -1.41. The first-order valence-electron chi connectivity index (χ1n) is 26.5. The number of fused-ring (bicyclic) bond motifs is 2. The van der Waals surface area contributed by atoms with Crippen molar-refractivity contribution < 1.29 is 53.1 Å². The molecule has 2 N–H and O–H groups in total. The minimum Gasteiger partial charge on any atom is -0.496 e. The number of carbonyl (C=O) groups is 2. The van der Waals surface area contributed by atoms with Gasteiger partial charge in [0.15, 0.2) is 6.29 Å². The van der Waals surface area contributed by atoms with Crippen LogP contribution in [0.1, 0.15) is 171 Å². The molecule has 0 aromatic heterocycles. The number of amides is 1. The van der Waals surface area contributed by atoms with Gasteiger partial charge in [-0.3, -0.25) is 9.69 Å². The summed E-state index contributed by atoms with van der Waals surface area (Å²) in [4.78, 5) is 34.8. The Labute approximate surface area is 411 Å². The van der Waals surface area contributed by atoms with E-state index in [1.54, 1.807) is 24.3 Å². The number of hydrogen-bond acceptors (Lipinski definition) is 12. The van der Waals surface area contributed by atoms with Crippen LogP contribution in [0.15, 0.2) is 65.9 Å². The van der Waals surface area contributed by atoms with Gasteiger partial charge < -0.3 is 43.5 Å². The van der Waals surface area contributed by atoms with Gasteiger partial charge in [-0.25, -0.2) is 4.79 Å². The molecule has 0 spiro atoms. The molecule has 2 aromatic carbocycles. The van der Waals surface area contributed by atoms with Crippen LogP contribution >= 0.6 is 0 Å². The summed E-state index contributed by atoms with van der Waals surface area (Å²) in [5, 5.41) is 25.0. The van der Waals surface area contributed by atoms with Gasteiger partial charge in [0.1, 0.15) is 29.0 Å². The van der Waals surface area contributed by atoms with E-state index in [1.165, 1.54) is 52.1 Å². The standard InChI is InChI=1S/C56H82N2O11/c1-5-8-9-10-11-12-13-14-15-21-35-65-55(62)58(30-6-2)51-39-48(57-69-52-25-18-22-34-64-52)46-37-41(23-16-19-31-59)45(24-17-20-32-60)53-47-38-44(67-43-26-28-49(63-4)42(36-43)40-61)27-29-50(47)68-56(51,54(46)53)66-33-7-3/h7,26-29,36-38,40-41,45,51-54,59-60H,3,5-6,8-25,30-35,39H2,1-2,4H3/t41-,45+,51-,52?,53+,54+,56+/m0/s1. The zero-order valence-electron chi connectivity index (χ0n) is 41.9. The fourth-order valence-corrected chi connectivity index (χ4v) is 11.1. The molecule has 2 aliphatic heterocycles. The highest BCUT2D eigenvalue weighted by Crippen LogP contribution is 2.62. The molecule has 1 saturated heterocycles. The molecule has 6 rings (SSSR count). The lowest BCUT2D eigenvalue weighted by molar-refractivity contribution is -0.255. The van der Waals surface area contributed by atoms with Crippen LogP contribution in [0.2, 0.25) is 0 Å². The molecule has 2 aromatic rings. The molecule has 13 nitrogen and oxygen atoms in total. The molecule has 69 heavy (non-hydrogen) atoms. The van der Waals surface area contributed by atoms with E-state index in [-0.39, 0.29) is 44.0 Å². The smallest absolute Gasteiger partial charge is 0.410 e. The van der Waals surface area contributed by atoms with Crippen molar-refractivity contribution in [2.24, 2.45) is 22.9 Å². The summed E-state index contributed by atoms with van der Waals surface area (Å²) in [6, 6.07) is 10.3. The maximum atomic E-state index is 14.7. The predicted octanol–water partition coefficient (Wildman–Crippen LogP) is 12.2. The molecule has 2 heterocycles. The molecule has 13 heteroatoms. The second kappa shape index (κ2) is 28.4. The van der Waals surface area contributed by atoms with E-state index in [1.807, 2.05) is 23.1 Å². The van der Waals surface area contributed by atoms with Gasteiger partial charge in [0, 0.05) is 44.1 Å². The Morgan fingerprint density at radius 2 is 1.62 bits per heavy atom. The lowest BCUT2D eigenvalue weighted by Gasteiger charge is -2.60. The van der Waals surface area contributed by atoms with Gasteiger partial charge in [-0.15, -0.1) is 6.58 Å². The van der Waals surface area contributed by atoms with Crippen molar-refractivity contribution in [1.29, 1.82) is 0 Å². The summed E-state index contributed by atoms with van der Waals surface area (Å²) in [6.07, 6.45) is 23.9. The third-order valence-electron chi connectivity index (χ3n) is 14.4. The summed E-state index contributed by atoms with van der Waals surface area (Å²) in [7, 11) is 1.53. The number of hydrogen-bond donors (Lipinski definition) is 2. The Balaban J connectivity index is 1.43. The zero-order chi connectivity index (χ0) is 48.9. The van der Waals surface area contributed by atoms with Crippen molar-refractivity contribution in [3.8, 4) is 23.0 Å². The number of aliphatic hydroxyl groups excluding tert-OH is 2. The Kier molecular flexibility index (Phi) is 22.2. The fourth-order valence-electron chi connectivity index (χ4n) is 11.1. The average molecular weight is 959 g/mol. The first-order valence-corrected chi connectivity index (χ1v) is 26.5. The normalized spacial score (nSPS) is 24.3. The van der Waals surface area contributed by atoms with E-state index in [2.05, 4.69) is 26.5 Å². The third kappa shape index (κ3) is 14.1. The van der Waals surface area contributed by atoms with Crippen molar-refractivity contribution >= 4 is 18.1 Å². The van der Waals surface area contributed by atoms with Crippen molar-refractivity contribution in [3.05, 3.63) is 71.8 Å². The third-order valence-corrected chi connectivity index (χ3v) is 14.4. The number of oxime groups is 1. The van der Waals surface area contributed by atoms with Gasteiger partial charge in [0.05, 0.1) is 44.1 Å². The van der Waals surface area contributed by atoms with Gasteiger partial charge in [0.2, 0.25) is 12.1 Å². The highest BCUT2D eigenvalue weighted by molar-refractivity contribution is 6.03. The summed E-state index contributed by atoms with van der Waals surface area (Å²) in [5.41, 5.74) is 2.96. The second-order valence-electron chi connectivity index (χ2n) is 19.3. The number of allylic oxidation sites excluding steroid dienone is 1. The number of carbonyl (C=O) groups excluding carboxylic acids is 2. The molecule has 2 aliphatic carbocycles. The number of rotatable bonds is 31. The Bertz CT molecular complexity index is 1960. The quantitative estimate of drug-likeness (QED) is 0.0321.